The Morgan fingerprint density at radius 3 is 2.77 bits per heavy atom. The molecule has 0 saturated carbocycles. The van der Waals surface area contributed by atoms with E-state index in [1.807, 2.05) is 31.2 Å². The average molecular weight is 424 g/mol. The molecule has 4 rings (SSSR count). The fraction of sp³-hybridized carbons (Fsp3) is 0.136. The summed E-state index contributed by atoms with van der Waals surface area (Å²) in [5.74, 6) is 0.136. The summed E-state index contributed by atoms with van der Waals surface area (Å²) >= 11 is 5.91. The maximum absolute atomic E-state index is 12.8. The lowest BCUT2D eigenvalue weighted by Crippen LogP contribution is -2.15. The minimum atomic E-state index is -0.611. The van der Waals surface area contributed by atoms with E-state index < -0.39 is 11.5 Å². The molecule has 0 spiro atoms. The highest BCUT2D eigenvalue weighted by Gasteiger charge is 2.15. The molecule has 4 aromatic rings. The molecule has 30 heavy (non-hydrogen) atoms. The minimum Gasteiger partial charge on any atom is -0.494 e. The predicted molar refractivity (Wildman–Crippen MR) is 114 cm³/mol. The van der Waals surface area contributed by atoms with Gasteiger partial charge in [0.25, 0.3) is 5.91 Å². The van der Waals surface area contributed by atoms with Gasteiger partial charge in [-0.25, -0.2) is 4.79 Å². The van der Waals surface area contributed by atoms with E-state index in [2.05, 4.69) is 10.4 Å². The van der Waals surface area contributed by atoms with Crippen molar-refractivity contribution in [2.75, 3.05) is 11.9 Å². The number of carbonyl (C=O) groups excluding carboxylic acids is 1. The lowest BCUT2D eigenvalue weighted by atomic mass is 10.1. The Balaban J connectivity index is 1.55. The summed E-state index contributed by atoms with van der Waals surface area (Å²) in [7, 11) is 0. The normalized spacial score (nSPS) is 10.9. The van der Waals surface area contributed by atoms with Crippen LogP contribution in [0.2, 0.25) is 5.02 Å². The van der Waals surface area contributed by atoms with Crippen LogP contribution in [0.5, 0.6) is 5.75 Å². The Hall–Kier alpha value is -3.58. The van der Waals surface area contributed by atoms with Gasteiger partial charge < -0.3 is 14.5 Å². The average Bonchev–Trinajstić information content (AvgIpc) is 3.15. The van der Waals surface area contributed by atoms with Crippen LogP contribution in [-0.2, 0) is 6.54 Å². The van der Waals surface area contributed by atoms with Crippen molar-refractivity contribution in [3.8, 4) is 5.75 Å². The number of nitrogens with zero attached hydrogens (tertiary/aromatic N) is 2. The summed E-state index contributed by atoms with van der Waals surface area (Å²) in [6.07, 6.45) is 3.27. The molecule has 0 bridgehead atoms. The molecule has 0 aliphatic rings. The van der Waals surface area contributed by atoms with E-state index >= 15 is 0 Å². The van der Waals surface area contributed by atoms with E-state index in [9.17, 15) is 9.59 Å². The number of hydrogen-bond acceptors (Lipinski definition) is 5. The standard InChI is InChI=1S/C22H18ClN3O4/c1-2-29-17-7-8-18-19(10-21(27)30-20(18)9-17)22(28)25-16-11-24-26(13-16)12-14-3-5-15(23)6-4-14/h3-11,13H,2,12H2,1H3,(H,25,28). The number of hydrogen-bond donors (Lipinski definition) is 1. The van der Waals surface area contributed by atoms with Crippen molar-refractivity contribution in [3.63, 3.8) is 0 Å². The van der Waals surface area contributed by atoms with Gasteiger partial charge in [-0.1, -0.05) is 23.7 Å². The molecule has 152 valence electrons. The summed E-state index contributed by atoms with van der Waals surface area (Å²) in [5.41, 5.74) is 1.44. The molecule has 0 aliphatic heterocycles. The SMILES string of the molecule is CCOc1ccc2c(C(=O)Nc3cnn(Cc4ccc(Cl)cc4)c3)cc(=O)oc2c1. The first-order chi connectivity index (χ1) is 14.5. The van der Waals surface area contributed by atoms with Crippen molar-refractivity contribution < 1.29 is 13.9 Å². The van der Waals surface area contributed by atoms with E-state index in [0.717, 1.165) is 5.56 Å². The Labute approximate surface area is 176 Å². The molecule has 2 aromatic carbocycles. The lowest BCUT2D eigenvalue weighted by molar-refractivity contribution is 0.102. The molecule has 1 amide bonds. The molecule has 0 unspecified atom stereocenters. The van der Waals surface area contributed by atoms with Gasteiger partial charge in [0.05, 0.1) is 30.6 Å². The van der Waals surface area contributed by atoms with E-state index in [1.54, 1.807) is 35.3 Å². The molecule has 0 saturated heterocycles. The molecule has 0 atom stereocenters. The van der Waals surface area contributed by atoms with Gasteiger partial charge in [0.2, 0.25) is 0 Å². The number of benzene rings is 2. The van der Waals surface area contributed by atoms with Gasteiger partial charge in [-0.15, -0.1) is 0 Å². The van der Waals surface area contributed by atoms with Crippen LogP contribution >= 0.6 is 11.6 Å². The summed E-state index contributed by atoms with van der Waals surface area (Å²) in [4.78, 5) is 24.8. The number of nitrogens with one attached hydrogen (secondary N) is 1. The molecule has 2 heterocycles. The molecular formula is C22H18ClN3O4. The quantitative estimate of drug-likeness (QED) is 0.466. The van der Waals surface area contributed by atoms with Gasteiger partial charge in [0.15, 0.2) is 0 Å². The number of anilines is 1. The molecule has 8 heteroatoms. The maximum atomic E-state index is 12.8. The van der Waals surface area contributed by atoms with Gasteiger partial charge in [0.1, 0.15) is 11.3 Å². The van der Waals surface area contributed by atoms with Gasteiger partial charge in [-0.3, -0.25) is 9.48 Å². The molecule has 1 N–H and O–H groups in total. The zero-order valence-electron chi connectivity index (χ0n) is 16.1. The molecule has 7 nitrogen and oxygen atoms in total. The second-order valence-corrected chi connectivity index (χ2v) is 7.01. The third-order valence-corrected chi connectivity index (χ3v) is 4.67. The summed E-state index contributed by atoms with van der Waals surface area (Å²) in [6, 6.07) is 13.6. The number of aromatic nitrogens is 2. The minimum absolute atomic E-state index is 0.217. The first-order valence-electron chi connectivity index (χ1n) is 9.31. The summed E-state index contributed by atoms with van der Waals surface area (Å²) < 4.78 is 12.4. The fourth-order valence-corrected chi connectivity index (χ4v) is 3.20. The van der Waals surface area contributed by atoms with Crippen LogP contribution < -0.4 is 15.7 Å². The predicted octanol–water partition coefficient (Wildman–Crippen LogP) is 4.34. The monoisotopic (exact) mass is 423 g/mol. The van der Waals surface area contributed by atoms with Crippen molar-refractivity contribution in [3.05, 3.63) is 87.5 Å². The first-order valence-corrected chi connectivity index (χ1v) is 9.68. The van der Waals surface area contributed by atoms with Crippen LogP contribution in [0.1, 0.15) is 22.8 Å². The Morgan fingerprint density at radius 2 is 2.00 bits per heavy atom. The van der Waals surface area contributed by atoms with Gasteiger partial charge in [-0.05, 0) is 36.8 Å². The highest BCUT2D eigenvalue weighted by molar-refractivity contribution is 6.30. The van der Waals surface area contributed by atoms with Crippen LogP contribution in [0.15, 0.2) is 70.1 Å². The van der Waals surface area contributed by atoms with E-state index in [1.165, 1.54) is 6.07 Å². The Bertz CT molecular complexity index is 1260. The number of rotatable bonds is 6. The van der Waals surface area contributed by atoms with Gasteiger partial charge in [-0.2, -0.15) is 5.10 Å². The third-order valence-electron chi connectivity index (χ3n) is 4.42. The first kappa shape index (κ1) is 19.7. The number of ether oxygens (including phenoxy) is 1. The largest absolute Gasteiger partial charge is 0.494 e. The van der Waals surface area contributed by atoms with Crippen molar-refractivity contribution >= 4 is 34.2 Å². The number of halogens is 1. The van der Waals surface area contributed by atoms with E-state index in [-0.39, 0.29) is 11.1 Å². The second kappa shape index (κ2) is 8.42. The zero-order chi connectivity index (χ0) is 21.1. The van der Waals surface area contributed by atoms with Crippen LogP contribution in [0.3, 0.4) is 0 Å². The highest BCUT2D eigenvalue weighted by Crippen LogP contribution is 2.23. The third kappa shape index (κ3) is 4.36. The molecule has 0 radical (unpaired) electrons. The molecule has 0 aliphatic carbocycles. The Kier molecular flexibility index (Phi) is 5.54. The van der Waals surface area contributed by atoms with Crippen LogP contribution in [0.4, 0.5) is 5.69 Å². The molecular weight excluding hydrogens is 406 g/mol. The van der Waals surface area contributed by atoms with E-state index in [4.69, 9.17) is 20.8 Å². The fourth-order valence-electron chi connectivity index (χ4n) is 3.08. The van der Waals surface area contributed by atoms with Gasteiger partial charge in [0, 0.05) is 28.7 Å². The number of fused-ring (bicyclic) bond motifs is 1. The van der Waals surface area contributed by atoms with E-state index in [0.29, 0.717) is 35.0 Å². The molecule has 2 aromatic heterocycles. The summed E-state index contributed by atoms with van der Waals surface area (Å²) in [6.45, 7) is 2.87. The maximum Gasteiger partial charge on any atom is 0.337 e. The number of amides is 1. The van der Waals surface area contributed by atoms with Crippen molar-refractivity contribution in [1.82, 2.24) is 9.78 Å². The summed E-state index contributed by atoms with van der Waals surface area (Å²) in [5, 5.41) is 8.23. The van der Waals surface area contributed by atoms with Crippen molar-refractivity contribution in [2.24, 2.45) is 0 Å². The van der Waals surface area contributed by atoms with Crippen molar-refractivity contribution in [2.45, 2.75) is 13.5 Å². The van der Waals surface area contributed by atoms with Gasteiger partial charge >= 0.3 is 5.63 Å². The van der Waals surface area contributed by atoms with Crippen LogP contribution in [0, 0.1) is 0 Å². The molecule has 0 fully saturated rings. The van der Waals surface area contributed by atoms with Crippen molar-refractivity contribution in [1.29, 1.82) is 0 Å². The topological polar surface area (TPSA) is 86.4 Å². The number of carbonyl (C=O) groups is 1. The van der Waals surface area contributed by atoms with Crippen LogP contribution in [-0.4, -0.2) is 22.3 Å². The zero-order valence-corrected chi connectivity index (χ0v) is 16.8. The second-order valence-electron chi connectivity index (χ2n) is 6.58. The van der Waals surface area contributed by atoms with Crippen LogP contribution in [0.25, 0.3) is 11.0 Å². The highest BCUT2D eigenvalue weighted by atomic mass is 35.5. The Morgan fingerprint density at radius 1 is 1.20 bits per heavy atom. The lowest BCUT2D eigenvalue weighted by Gasteiger charge is -2.08. The smallest absolute Gasteiger partial charge is 0.337 e.